The average molecular weight is 265 g/mol. The highest BCUT2D eigenvalue weighted by Crippen LogP contribution is 2.11. The number of carbonyl (C=O) groups is 1. The molecule has 2 unspecified atom stereocenters. The van der Waals surface area contributed by atoms with Crippen LogP contribution in [0.1, 0.15) is 34.6 Å². The average Bonchev–Trinajstić information content (AvgIpc) is 2.11. The Morgan fingerprint density at radius 2 is 1.76 bits per heavy atom. The maximum Gasteiger partial charge on any atom is 0.321 e. The Labute approximate surface area is 104 Å². The van der Waals surface area contributed by atoms with E-state index in [0.29, 0.717) is 0 Å². The Kier molecular flexibility index (Phi) is 5.61. The van der Waals surface area contributed by atoms with Crippen LogP contribution in [0.3, 0.4) is 0 Å². The summed E-state index contributed by atoms with van der Waals surface area (Å²) in [6, 6.07) is -0.206. The van der Waals surface area contributed by atoms with Crippen LogP contribution in [0.4, 0.5) is 0 Å². The van der Waals surface area contributed by atoms with E-state index in [1.54, 1.807) is 41.7 Å². The largest absolute Gasteiger partial charge is 0.459 e. The molecule has 0 radical (unpaired) electrons. The van der Waals surface area contributed by atoms with Crippen LogP contribution in [-0.2, 0) is 19.4 Å². The van der Waals surface area contributed by atoms with Gasteiger partial charge in [-0.1, -0.05) is 0 Å². The molecule has 0 heterocycles. The lowest BCUT2D eigenvalue weighted by atomic mass is 10.2. The Morgan fingerprint density at radius 3 is 2.12 bits per heavy atom. The number of hydrogen-bond acceptors (Lipinski definition) is 5. The predicted molar refractivity (Wildman–Crippen MR) is 67.6 cm³/mol. The van der Waals surface area contributed by atoms with Gasteiger partial charge >= 0.3 is 5.97 Å². The molecule has 0 fully saturated rings. The third-order valence-corrected chi connectivity index (χ3v) is 4.64. The highest BCUT2D eigenvalue weighted by Gasteiger charge is 2.30. The first-order chi connectivity index (χ1) is 7.49. The number of hydrogen-bond donors (Lipinski definition) is 1. The number of esters is 1. The summed E-state index contributed by atoms with van der Waals surface area (Å²) in [6.45, 7) is 8.46. The molecule has 5 nitrogen and oxygen atoms in total. The summed E-state index contributed by atoms with van der Waals surface area (Å²) in [5.41, 5.74) is -0.662. The lowest BCUT2D eigenvalue weighted by Gasteiger charge is -2.22. The van der Waals surface area contributed by atoms with Gasteiger partial charge in [0, 0.05) is 6.04 Å². The van der Waals surface area contributed by atoms with Crippen molar-refractivity contribution >= 4 is 15.8 Å². The highest BCUT2D eigenvalue weighted by atomic mass is 32.2. The quantitative estimate of drug-likeness (QED) is 0.742. The van der Waals surface area contributed by atoms with Gasteiger partial charge in [-0.05, 0) is 41.7 Å². The second-order valence-corrected chi connectivity index (χ2v) is 7.53. The molecule has 102 valence electrons. The van der Waals surface area contributed by atoms with E-state index in [1.165, 1.54) is 0 Å². The minimum absolute atomic E-state index is 0.206. The topological polar surface area (TPSA) is 72.5 Å². The van der Waals surface area contributed by atoms with Crippen LogP contribution in [0.5, 0.6) is 0 Å². The van der Waals surface area contributed by atoms with E-state index in [4.69, 9.17) is 4.74 Å². The normalized spacial score (nSPS) is 16.4. The van der Waals surface area contributed by atoms with Gasteiger partial charge in [-0.15, -0.1) is 0 Å². The third kappa shape index (κ3) is 6.02. The minimum Gasteiger partial charge on any atom is -0.459 e. The van der Waals surface area contributed by atoms with E-state index in [9.17, 15) is 13.2 Å². The molecule has 0 saturated heterocycles. The molecule has 0 bridgehead atoms. The van der Waals surface area contributed by atoms with Gasteiger partial charge in [0.15, 0.2) is 9.84 Å². The predicted octanol–water partition coefficient (Wildman–Crippen LogP) is 0.739. The summed E-state index contributed by atoms with van der Waals surface area (Å²) in [6.07, 6.45) is 0. The fourth-order valence-electron chi connectivity index (χ4n) is 1.21. The molecule has 6 heteroatoms. The molecule has 0 aromatic carbocycles. The molecule has 0 aliphatic carbocycles. The Balaban J connectivity index is 4.62. The molecule has 1 N–H and O–H groups in total. The lowest BCUT2D eigenvalue weighted by molar-refractivity contribution is -0.151. The van der Waals surface area contributed by atoms with Gasteiger partial charge in [0.2, 0.25) is 0 Å². The summed E-state index contributed by atoms with van der Waals surface area (Å²) in [4.78, 5) is 11.5. The van der Waals surface area contributed by atoms with E-state index < -0.39 is 32.4 Å². The van der Waals surface area contributed by atoms with Crippen molar-refractivity contribution in [3.05, 3.63) is 0 Å². The van der Waals surface area contributed by atoms with E-state index in [1.807, 2.05) is 0 Å². The summed E-state index contributed by atoms with van der Waals surface area (Å²) < 4.78 is 28.8. The first-order valence-electron chi connectivity index (χ1n) is 5.60. The molecule has 0 aromatic rings. The Hall–Kier alpha value is -0.620. The van der Waals surface area contributed by atoms with Crippen LogP contribution in [0.15, 0.2) is 0 Å². The van der Waals surface area contributed by atoms with Gasteiger partial charge in [0.1, 0.15) is 11.4 Å². The van der Waals surface area contributed by atoms with Gasteiger partial charge < -0.3 is 10.1 Å². The minimum atomic E-state index is -3.48. The van der Waals surface area contributed by atoms with Crippen LogP contribution < -0.4 is 5.32 Å². The third-order valence-electron chi connectivity index (χ3n) is 2.46. The van der Waals surface area contributed by atoms with Crippen molar-refractivity contribution in [1.29, 1.82) is 0 Å². The summed E-state index contributed by atoms with van der Waals surface area (Å²) in [5, 5.41) is 2.24. The van der Waals surface area contributed by atoms with Crippen LogP contribution in [0, 0.1) is 0 Å². The number of ether oxygens (including phenoxy) is 1. The van der Waals surface area contributed by atoms with Crippen LogP contribution in [0.2, 0.25) is 0 Å². The van der Waals surface area contributed by atoms with Gasteiger partial charge in [0.25, 0.3) is 0 Å². The van der Waals surface area contributed by atoms with E-state index in [-0.39, 0.29) is 6.04 Å². The van der Waals surface area contributed by atoms with Crippen molar-refractivity contribution in [2.75, 3.05) is 12.8 Å². The molecule has 0 aliphatic rings. The highest BCUT2D eigenvalue weighted by molar-refractivity contribution is 7.92. The molecule has 0 aromatic heterocycles. The first kappa shape index (κ1) is 16.4. The van der Waals surface area contributed by atoms with E-state index >= 15 is 0 Å². The Bertz CT molecular complexity index is 356. The summed E-state index contributed by atoms with van der Waals surface area (Å²) >= 11 is 0. The number of sulfone groups is 1. The van der Waals surface area contributed by atoms with Crippen LogP contribution in [-0.4, -0.2) is 44.1 Å². The standard InChI is InChI=1S/C11H23NO4S/c1-8(12-6)9(2)17(14,15)7-10(13)16-11(3,4)5/h8-9,12H,7H2,1-6H3. The summed E-state index contributed by atoms with van der Waals surface area (Å²) in [7, 11) is -1.80. The lowest BCUT2D eigenvalue weighted by Crippen LogP contribution is -2.41. The molecular formula is C11H23NO4S. The van der Waals surface area contributed by atoms with Gasteiger partial charge in [-0.25, -0.2) is 8.42 Å². The van der Waals surface area contributed by atoms with Crippen LogP contribution >= 0.6 is 0 Å². The van der Waals surface area contributed by atoms with Crippen molar-refractivity contribution in [2.45, 2.75) is 51.5 Å². The zero-order valence-electron chi connectivity index (χ0n) is 11.4. The van der Waals surface area contributed by atoms with Gasteiger partial charge in [-0.3, -0.25) is 4.79 Å². The fraction of sp³-hybridized carbons (Fsp3) is 0.909. The number of carbonyl (C=O) groups excluding carboxylic acids is 1. The molecule has 0 spiro atoms. The first-order valence-corrected chi connectivity index (χ1v) is 7.32. The molecule has 17 heavy (non-hydrogen) atoms. The van der Waals surface area contributed by atoms with Gasteiger partial charge in [-0.2, -0.15) is 0 Å². The second-order valence-electron chi connectivity index (χ2n) is 5.18. The molecule has 0 saturated carbocycles. The van der Waals surface area contributed by atoms with Crippen molar-refractivity contribution < 1.29 is 17.9 Å². The maximum absolute atomic E-state index is 11.9. The monoisotopic (exact) mass is 265 g/mol. The van der Waals surface area contributed by atoms with Gasteiger partial charge in [0.05, 0.1) is 5.25 Å². The van der Waals surface area contributed by atoms with Crippen LogP contribution in [0.25, 0.3) is 0 Å². The number of rotatable bonds is 5. The van der Waals surface area contributed by atoms with Crippen molar-refractivity contribution in [3.8, 4) is 0 Å². The van der Waals surface area contributed by atoms with Crippen molar-refractivity contribution in [2.24, 2.45) is 0 Å². The van der Waals surface area contributed by atoms with Crippen molar-refractivity contribution in [3.63, 3.8) is 0 Å². The zero-order chi connectivity index (χ0) is 13.9. The molecule has 2 atom stereocenters. The maximum atomic E-state index is 11.9. The van der Waals surface area contributed by atoms with E-state index in [2.05, 4.69) is 5.32 Å². The van der Waals surface area contributed by atoms with Crippen molar-refractivity contribution in [1.82, 2.24) is 5.32 Å². The second kappa shape index (κ2) is 5.82. The summed E-state index contributed by atoms with van der Waals surface area (Å²) in [5.74, 6) is -1.27. The fourth-order valence-corrected chi connectivity index (χ4v) is 2.62. The molecule has 0 amide bonds. The smallest absolute Gasteiger partial charge is 0.321 e. The number of nitrogens with one attached hydrogen (secondary N) is 1. The SMILES string of the molecule is CNC(C)C(C)S(=O)(=O)CC(=O)OC(C)(C)C. The Morgan fingerprint density at radius 1 is 1.29 bits per heavy atom. The van der Waals surface area contributed by atoms with E-state index in [0.717, 1.165) is 0 Å². The molecule has 0 rings (SSSR count). The molecule has 0 aliphatic heterocycles. The molecular weight excluding hydrogens is 242 g/mol. The zero-order valence-corrected chi connectivity index (χ0v) is 12.2.